The molecule has 116 valence electrons. The first-order chi connectivity index (χ1) is 10.5. The Morgan fingerprint density at radius 1 is 1.14 bits per heavy atom. The van der Waals surface area contributed by atoms with Gasteiger partial charge in [-0.05, 0) is 17.7 Å². The van der Waals surface area contributed by atoms with Crippen molar-refractivity contribution in [2.45, 2.75) is 5.54 Å². The number of carbonyl (C=O) groups excluding carboxylic acids is 1. The van der Waals surface area contributed by atoms with E-state index in [9.17, 15) is 9.90 Å². The van der Waals surface area contributed by atoms with Crippen molar-refractivity contribution in [2.24, 2.45) is 0 Å². The first-order valence-corrected chi connectivity index (χ1v) is 7.27. The third kappa shape index (κ3) is 3.04. The van der Waals surface area contributed by atoms with E-state index in [4.69, 9.17) is 27.9 Å². The maximum atomic E-state index is 12.4. The van der Waals surface area contributed by atoms with Crippen molar-refractivity contribution >= 4 is 34.9 Å². The number of carbonyl (C=O) groups is 1. The highest BCUT2D eigenvalue weighted by molar-refractivity contribution is 6.39. The van der Waals surface area contributed by atoms with Crippen molar-refractivity contribution in [3.05, 3.63) is 64.1 Å². The van der Waals surface area contributed by atoms with Gasteiger partial charge in [-0.1, -0.05) is 59.6 Å². The number of aliphatic hydroxyl groups excluding tert-OH is 1. The van der Waals surface area contributed by atoms with Gasteiger partial charge in [0.25, 0.3) is 0 Å². The molecule has 0 aliphatic heterocycles. The van der Waals surface area contributed by atoms with E-state index in [-0.39, 0.29) is 0 Å². The second-order valence-corrected chi connectivity index (χ2v) is 5.46. The van der Waals surface area contributed by atoms with Gasteiger partial charge < -0.3 is 15.2 Å². The minimum absolute atomic E-state index is 0.338. The van der Waals surface area contributed by atoms with Crippen molar-refractivity contribution in [1.29, 1.82) is 0 Å². The molecule has 6 heteroatoms. The van der Waals surface area contributed by atoms with Gasteiger partial charge in [0.15, 0.2) is 5.54 Å². The molecule has 0 fully saturated rings. The minimum Gasteiger partial charge on any atom is -0.467 e. The molecule has 2 rings (SSSR count). The summed E-state index contributed by atoms with van der Waals surface area (Å²) in [5.41, 5.74) is -0.598. The first-order valence-electron chi connectivity index (χ1n) is 6.52. The molecular formula is C16H15Cl2NO3. The molecule has 0 amide bonds. The third-order valence-corrected chi connectivity index (χ3v) is 3.97. The summed E-state index contributed by atoms with van der Waals surface area (Å²) in [5.74, 6) is -0.641. The summed E-state index contributed by atoms with van der Waals surface area (Å²) < 4.78 is 4.87. The summed E-state index contributed by atoms with van der Waals surface area (Å²) in [6.07, 6.45) is 0. The lowest BCUT2D eigenvalue weighted by Crippen LogP contribution is -2.47. The Balaban J connectivity index is 2.57. The number of methoxy groups -OCH3 is 1. The van der Waals surface area contributed by atoms with Crippen LogP contribution in [0.4, 0.5) is 5.69 Å². The Labute approximate surface area is 138 Å². The van der Waals surface area contributed by atoms with Crippen LogP contribution in [0.15, 0.2) is 48.5 Å². The van der Waals surface area contributed by atoms with Gasteiger partial charge in [-0.15, -0.1) is 0 Å². The largest absolute Gasteiger partial charge is 0.467 e. The van der Waals surface area contributed by atoms with Gasteiger partial charge in [0.1, 0.15) is 0 Å². The number of rotatable bonds is 5. The predicted molar refractivity (Wildman–Crippen MR) is 87.3 cm³/mol. The standard InChI is InChI=1S/C16H15Cl2NO3/c1-22-15(21)16(10-20,11-6-3-2-4-7-11)19-14-12(17)8-5-9-13(14)18/h2-9,19-20H,10H2,1H3. The number of ether oxygens (including phenoxy) is 1. The second kappa shape index (κ2) is 7.01. The maximum Gasteiger partial charge on any atom is 0.338 e. The van der Waals surface area contributed by atoms with Crippen LogP contribution < -0.4 is 5.32 Å². The van der Waals surface area contributed by atoms with E-state index in [1.807, 2.05) is 6.07 Å². The van der Waals surface area contributed by atoms with Crippen LogP contribution in [0.2, 0.25) is 10.0 Å². The van der Waals surface area contributed by atoms with Crippen molar-refractivity contribution < 1.29 is 14.6 Å². The number of aliphatic hydroxyl groups is 1. The lowest BCUT2D eigenvalue weighted by molar-refractivity contribution is -0.148. The highest BCUT2D eigenvalue weighted by atomic mass is 35.5. The summed E-state index contributed by atoms with van der Waals surface area (Å²) in [6.45, 7) is -0.523. The van der Waals surface area contributed by atoms with E-state index in [0.717, 1.165) is 0 Å². The lowest BCUT2D eigenvalue weighted by atomic mass is 9.90. The first kappa shape index (κ1) is 16.6. The molecule has 0 saturated heterocycles. The van der Waals surface area contributed by atoms with Crippen LogP contribution in [0.5, 0.6) is 0 Å². The summed E-state index contributed by atoms with van der Waals surface area (Å²) in [4.78, 5) is 12.4. The lowest BCUT2D eigenvalue weighted by Gasteiger charge is -2.32. The van der Waals surface area contributed by atoms with Crippen molar-refractivity contribution in [1.82, 2.24) is 0 Å². The van der Waals surface area contributed by atoms with Crippen molar-refractivity contribution in [2.75, 3.05) is 19.0 Å². The Kier molecular flexibility index (Phi) is 5.29. The molecule has 2 aromatic rings. The molecule has 2 aromatic carbocycles. The number of hydrogen-bond donors (Lipinski definition) is 2. The summed E-state index contributed by atoms with van der Waals surface area (Å²) >= 11 is 12.3. The molecule has 2 N–H and O–H groups in total. The zero-order valence-corrected chi connectivity index (χ0v) is 13.4. The number of anilines is 1. The zero-order chi connectivity index (χ0) is 16.2. The van der Waals surface area contributed by atoms with Crippen molar-refractivity contribution in [3.63, 3.8) is 0 Å². The Morgan fingerprint density at radius 3 is 2.23 bits per heavy atom. The van der Waals surface area contributed by atoms with E-state index < -0.39 is 18.1 Å². The number of esters is 1. The van der Waals surface area contributed by atoms with E-state index in [0.29, 0.717) is 21.3 Å². The van der Waals surface area contributed by atoms with Crippen molar-refractivity contribution in [3.8, 4) is 0 Å². The van der Waals surface area contributed by atoms with Crippen LogP contribution in [-0.2, 0) is 15.1 Å². The number of benzene rings is 2. The topological polar surface area (TPSA) is 58.6 Å². The average molecular weight is 340 g/mol. The van der Waals surface area contributed by atoms with Crippen LogP contribution in [0.3, 0.4) is 0 Å². The molecule has 0 radical (unpaired) electrons. The molecule has 0 aliphatic carbocycles. The van der Waals surface area contributed by atoms with Gasteiger partial charge in [0.2, 0.25) is 0 Å². The molecule has 0 saturated carbocycles. The SMILES string of the molecule is COC(=O)C(CO)(Nc1c(Cl)cccc1Cl)c1ccccc1. The van der Waals surface area contributed by atoms with Crippen LogP contribution in [-0.4, -0.2) is 24.8 Å². The fourth-order valence-electron chi connectivity index (χ4n) is 2.16. The second-order valence-electron chi connectivity index (χ2n) is 4.64. The van der Waals surface area contributed by atoms with E-state index >= 15 is 0 Å². The zero-order valence-electron chi connectivity index (χ0n) is 11.8. The monoisotopic (exact) mass is 339 g/mol. The highest BCUT2D eigenvalue weighted by Gasteiger charge is 2.42. The Hall–Kier alpha value is -1.75. The van der Waals surface area contributed by atoms with Crippen LogP contribution >= 0.6 is 23.2 Å². The fourth-order valence-corrected chi connectivity index (χ4v) is 2.66. The van der Waals surface area contributed by atoms with E-state index in [2.05, 4.69) is 5.32 Å². The van der Waals surface area contributed by atoms with Gasteiger partial charge in [0, 0.05) is 0 Å². The maximum absolute atomic E-state index is 12.4. The van der Waals surface area contributed by atoms with Crippen LogP contribution in [0.25, 0.3) is 0 Å². The predicted octanol–water partition coefficient (Wildman–Crippen LogP) is 3.47. The molecule has 0 aliphatic rings. The minimum atomic E-state index is -1.50. The molecule has 1 unspecified atom stereocenters. The third-order valence-electron chi connectivity index (χ3n) is 3.34. The van der Waals surface area contributed by atoms with Gasteiger partial charge in [-0.25, -0.2) is 4.79 Å². The molecule has 1 atom stereocenters. The molecule has 0 heterocycles. The summed E-state index contributed by atoms with van der Waals surface area (Å²) in [7, 11) is 1.26. The number of para-hydroxylation sites is 1. The Bertz CT molecular complexity index is 643. The quantitative estimate of drug-likeness (QED) is 0.819. The molecule has 0 bridgehead atoms. The van der Waals surface area contributed by atoms with Crippen LogP contribution in [0.1, 0.15) is 5.56 Å². The van der Waals surface area contributed by atoms with Gasteiger partial charge >= 0.3 is 5.97 Å². The smallest absolute Gasteiger partial charge is 0.338 e. The summed E-state index contributed by atoms with van der Waals surface area (Å²) in [5, 5.41) is 13.6. The van der Waals surface area contributed by atoms with Gasteiger partial charge in [0.05, 0.1) is 29.4 Å². The van der Waals surface area contributed by atoms with E-state index in [1.165, 1.54) is 7.11 Å². The fraction of sp³-hybridized carbons (Fsp3) is 0.188. The highest BCUT2D eigenvalue weighted by Crippen LogP contribution is 2.36. The number of nitrogens with one attached hydrogen (secondary N) is 1. The molecule has 22 heavy (non-hydrogen) atoms. The number of halogens is 2. The summed E-state index contributed by atoms with van der Waals surface area (Å²) in [6, 6.07) is 13.7. The molecular weight excluding hydrogens is 325 g/mol. The number of hydrogen-bond acceptors (Lipinski definition) is 4. The molecule has 4 nitrogen and oxygen atoms in total. The van der Waals surface area contributed by atoms with Gasteiger partial charge in [-0.2, -0.15) is 0 Å². The average Bonchev–Trinajstić information content (AvgIpc) is 2.55. The van der Waals surface area contributed by atoms with Crippen LogP contribution in [0, 0.1) is 0 Å². The Morgan fingerprint density at radius 2 is 1.73 bits per heavy atom. The molecule has 0 aromatic heterocycles. The molecule has 0 spiro atoms. The van der Waals surface area contributed by atoms with E-state index in [1.54, 1.807) is 42.5 Å². The van der Waals surface area contributed by atoms with Gasteiger partial charge in [-0.3, -0.25) is 0 Å². The normalized spacial score (nSPS) is 13.3.